The molecule has 0 unspecified atom stereocenters. The summed E-state index contributed by atoms with van der Waals surface area (Å²) in [5.74, 6) is 1.97. The van der Waals surface area contributed by atoms with Crippen molar-refractivity contribution < 1.29 is 0 Å². The zero-order chi connectivity index (χ0) is 12.6. The number of nitrogens with two attached hydrogens (primary N) is 1. The van der Waals surface area contributed by atoms with E-state index < -0.39 is 0 Å². The Hall–Kier alpha value is -0.900. The predicted molar refractivity (Wildman–Crippen MR) is 68.6 cm³/mol. The highest BCUT2D eigenvalue weighted by atomic mass is 15.3. The highest BCUT2D eigenvalue weighted by Crippen LogP contribution is 2.35. The summed E-state index contributed by atoms with van der Waals surface area (Å²) in [4.78, 5) is 0. The molecular formula is C13H24N4. The Labute approximate surface area is 104 Å². The standard InChI is InChI=1S/C13H24N4/c1-9-15-16-12(11(14)13(2,3)4)17(9)10-7-5-6-8-10/h10-11H,5-8,14H2,1-4H3/t11-/m0/s1. The van der Waals surface area contributed by atoms with Crippen LogP contribution in [0.1, 0.15) is 70.2 Å². The Morgan fingerprint density at radius 3 is 2.35 bits per heavy atom. The average molecular weight is 236 g/mol. The van der Waals surface area contributed by atoms with Gasteiger partial charge in [0, 0.05) is 6.04 Å². The fourth-order valence-corrected chi connectivity index (χ4v) is 2.60. The largest absolute Gasteiger partial charge is 0.321 e. The molecule has 0 aromatic carbocycles. The maximum atomic E-state index is 6.33. The third kappa shape index (κ3) is 2.37. The Morgan fingerprint density at radius 2 is 1.82 bits per heavy atom. The third-order valence-electron chi connectivity index (χ3n) is 3.79. The lowest BCUT2D eigenvalue weighted by molar-refractivity contribution is 0.299. The molecule has 1 aromatic heterocycles. The zero-order valence-corrected chi connectivity index (χ0v) is 11.4. The van der Waals surface area contributed by atoms with Gasteiger partial charge >= 0.3 is 0 Å². The summed E-state index contributed by atoms with van der Waals surface area (Å²) in [6, 6.07) is 0.512. The van der Waals surface area contributed by atoms with Crippen molar-refractivity contribution in [2.75, 3.05) is 0 Å². The lowest BCUT2D eigenvalue weighted by atomic mass is 9.87. The molecule has 4 nitrogen and oxygen atoms in total. The molecule has 0 saturated heterocycles. The molecule has 0 spiro atoms. The molecule has 96 valence electrons. The highest BCUT2D eigenvalue weighted by Gasteiger charge is 2.30. The molecule has 17 heavy (non-hydrogen) atoms. The van der Waals surface area contributed by atoms with Crippen molar-refractivity contribution in [2.24, 2.45) is 11.1 Å². The van der Waals surface area contributed by atoms with Crippen molar-refractivity contribution in [2.45, 2.75) is 65.5 Å². The smallest absolute Gasteiger partial charge is 0.150 e. The van der Waals surface area contributed by atoms with E-state index >= 15 is 0 Å². The summed E-state index contributed by atoms with van der Waals surface area (Å²) in [7, 11) is 0. The van der Waals surface area contributed by atoms with Gasteiger partial charge in [0.15, 0.2) is 5.82 Å². The lowest BCUT2D eigenvalue weighted by Gasteiger charge is -2.28. The second kappa shape index (κ2) is 4.41. The summed E-state index contributed by atoms with van der Waals surface area (Å²) < 4.78 is 2.28. The molecular weight excluding hydrogens is 212 g/mol. The van der Waals surface area contributed by atoms with Crippen molar-refractivity contribution in [3.63, 3.8) is 0 Å². The van der Waals surface area contributed by atoms with Crippen LogP contribution < -0.4 is 5.73 Å². The van der Waals surface area contributed by atoms with E-state index in [0.29, 0.717) is 6.04 Å². The average Bonchev–Trinajstić information content (AvgIpc) is 2.83. The van der Waals surface area contributed by atoms with Crippen LogP contribution in [0.4, 0.5) is 0 Å². The van der Waals surface area contributed by atoms with Crippen molar-refractivity contribution in [3.05, 3.63) is 11.6 Å². The van der Waals surface area contributed by atoms with Crippen LogP contribution in [-0.2, 0) is 0 Å². The second-order valence-corrected chi connectivity index (χ2v) is 6.26. The zero-order valence-electron chi connectivity index (χ0n) is 11.4. The molecule has 1 saturated carbocycles. The summed E-state index contributed by atoms with van der Waals surface area (Å²) in [6.07, 6.45) is 5.10. The van der Waals surface area contributed by atoms with E-state index in [1.165, 1.54) is 25.7 Å². The first kappa shape index (κ1) is 12.6. The van der Waals surface area contributed by atoms with Gasteiger partial charge in [-0.15, -0.1) is 10.2 Å². The maximum Gasteiger partial charge on any atom is 0.150 e. The minimum atomic E-state index is -0.0516. The molecule has 2 N–H and O–H groups in total. The van der Waals surface area contributed by atoms with Crippen molar-refractivity contribution in [3.8, 4) is 0 Å². The van der Waals surface area contributed by atoms with Gasteiger partial charge < -0.3 is 10.3 Å². The van der Waals surface area contributed by atoms with Crippen LogP contribution in [0.3, 0.4) is 0 Å². The molecule has 0 bridgehead atoms. The minimum Gasteiger partial charge on any atom is -0.321 e. The molecule has 1 aromatic rings. The fourth-order valence-electron chi connectivity index (χ4n) is 2.60. The highest BCUT2D eigenvalue weighted by molar-refractivity contribution is 5.05. The van der Waals surface area contributed by atoms with E-state index in [1.54, 1.807) is 0 Å². The molecule has 1 atom stereocenters. The summed E-state index contributed by atoms with van der Waals surface area (Å²) >= 11 is 0. The Morgan fingerprint density at radius 1 is 1.24 bits per heavy atom. The number of aromatic nitrogens is 3. The Bertz CT molecular complexity index is 383. The molecule has 1 aliphatic rings. The van der Waals surface area contributed by atoms with Crippen molar-refractivity contribution in [1.29, 1.82) is 0 Å². The van der Waals surface area contributed by atoms with Gasteiger partial charge in [0.2, 0.25) is 0 Å². The van der Waals surface area contributed by atoms with Crippen LogP contribution in [0.15, 0.2) is 0 Å². The SMILES string of the molecule is Cc1nnc([C@H](N)C(C)(C)C)n1C1CCCC1. The van der Waals surface area contributed by atoms with E-state index in [1.807, 2.05) is 6.92 Å². The first-order valence-electron chi connectivity index (χ1n) is 6.58. The molecule has 1 heterocycles. The van der Waals surface area contributed by atoms with Gasteiger partial charge in [0.05, 0.1) is 6.04 Å². The van der Waals surface area contributed by atoms with Gasteiger partial charge in [-0.2, -0.15) is 0 Å². The van der Waals surface area contributed by atoms with Crippen LogP contribution in [0, 0.1) is 12.3 Å². The molecule has 0 amide bonds. The number of hydrogen-bond donors (Lipinski definition) is 1. The van der Waals surface area contributed by atoms with E-state index in [0.717, 1.165) is 11.6 Å². The van der Waals surface area contributed by atoms with Crippen LogP contribution in [-0.4, -0.2) is 14.8 Å². The molecule has 4 heteroatoms. The van der Waals surface area contributed by atoms with Gasteiger partial charge in [0.25, 0.3) is 0 Å². The van der Waals surface area contributed by atoms with Crippen molar-refractivity contribution >= 4 is 0 Å². The van der Waals surface area contributed by atoms with Gasteiger partial charge in [0.1, 0.15) is 5.82 Å². The molecule has 0 radical (unpaired) electrons. The summed E-state index contributed by atoms with van der Waals surface area (Å²) in [5.41, 5.74) is 6.35. The van der Waals surface area contributed by atoms with Gasteiger partial charge in [-0.25, -0.2) is 0 Å². The fraction of sp³-hybridized carbons (Fsp3) is 0.846. The number of rotatable bonds is 2. The topological polar surface area (TPSA) is 56.7 Å². The predicted octanol–water partition coefficient (Wildman–Crippen LogP) is 2.75. The Kier molecular flexibility index (Phi) is 3.25. The minimum absolute atomic E-state index is 0.0236. The van der Waals surface area contributed by atoms with Gasteiger partial charge in [-0.1, -0.05) is 33.6 Å². The van der Waals surface area contributed by atoms with Crippen LogP contribution in [0.2, 0.25) is 0 Å². The third-order valence-corrected chi connectivity index (χ3v) is 3.79. The molecule has 2 rings (SSSR count). The first-order valence-corrected chi connectivity index (χ1v) is 6.58. The molecule has 1 fully saturated rings. The normalized spacial score (nSPS) is 19.8. The second-order valence-electron chi connectivity index (χ2n) is 6.26. The van der Waals surface area contributed by atoms with Gasteiger partial charge in [-0.3, -0.25) is 0 Å². The van der Waals surface area contributed by atoms with Crippen LogP contribution in [0.5, 0.6) is 0 Å². The lowest BCUT2D eigenvalue weighted by Crippen LogP contribution is -2.30. The first-order chi connectivity index (χ1) is 7.91. The summed E-state index contributed by atoms with van der Waals surface area (Å²) in [6.45, 7) is 8.49. The number of aryl methyl sites for hydroxylation is 1. The van der Waals surface area contributed by atoms with E-state index in [9.17, 15) is 0 Å². The van der Waals surface area contributed by atoms with Gasteiger partial charge in [-0.05, 0) is 25.2 Å². The van der Waals surface area contributed by atoms with E-state index in [4.69, 9.17) is 5.73 Å². The quantitative estimate of drug-likeness (QED) is 0.859. The monoisotopic (exact) mass is 236 g/mol. The van der Waals surface area contributed by atoms with Crippen LogP contribution in [0.25, 0.3) is 0 Å². The summed E-state index contributed by atoms with van der Waals surface area (Å²) in [5, 5.41) is 8.54. The van der Waals surface area contributed by atoms with Crippen LogP contribution >= 0.6 is 0 Å². The molecule has 1 aliphatic carbocycles. The van der Waals surface area contributed by atoms with E-state index in [-0.39, 0.29) is 11.5 Å². The Balaban J connectivity index is 2.35. The number of nitrogens with zero attached hydrogens (tertiary/aromatic N) is 3. The maximum absolute atomic E-state index is 6.33. The molecule has 0 aliphatic heterocycles. The van der Waals surface area contributed by atoms with Crippen molar-refractivity contribution in [1.82, 2.24) is 14.8 Å². The van der Waals surface area contributed by atoms with E-state index in [2.05, 4.69) is 35.5 Å². The number of hydrogen-bond acceptors (Lipinski definition) is 3.